The summed E-state index contributed by atoms with van der Waals surface area (Å²) in [5.41, 5.74) is 0.883. The molecule has 1 heterocycles. The van der Waals surface area contributed by atoms with Crippen LogP contribution in [-0.4, -0.2) is 36.1 Å². The largest absolute Gasteiger partial charge is 0.481 e. The molecule has 17 heavy (non-hydrogen) atoms. The summed E-state index contributed by atoms with van der Waals surface area (Å²) < 4.78 is 0. The molecule has 1 aliphatic rings. The molecule has 5 heteroatoms. The summed E-state index contributed by atoms with van der Waals surface area (Å²) in [4.78, 5) is 24.0. The van der Waals surface area contributed by atoms with Gasteiger partial charge in [0.25, 0.3) is 0 Å². The van der Waals surface area contributed by atoms with Gasteiger partial charge in [-0.05, 0) is 12.1 Å². The third-order valence-electron chi connectivity index (χ3n) is 2.79. The van der Waals surface area contributed by atoms with Gasteiger partial charge in [-0.1, -0.05) is 18.2 Å². The molecule has 1 amide bonds. The van der Waals surface area contributed by atoms with E-state index in [9.17, 15) is 9.59 Å². The lowest BCUT2D eigenvalue weighted by atomic mass is 10.1. The maximum absolute atomic E-state index is 11.4. The third kappa shape index (κ3) is 2.75. The van der Waals surface area contributed by atoms with E-state index in [1.54, 1.807) is 0 Å². The molecule has 5 nitrogen and oxygen atoms in total. The number of hydrogen-bond acceptors (Lipinski definition) is 3. The first kappa shape index (κ1) is 11.4. The Bertz CT molecular complexity index is 419. The SMILES string of the molecule is O=C(O)CC1CNC(=O)CN1c1ccccc1. The predicted octanol–water partition coefficient (Wildman–Crippen LogP) is 0.466. The van der Waals surface area contributed by atoms with Crippen molar-refractivity contribution in [3.05, 3.63) is 30.3 Å². The van der Waals surface area contributed by atoms with E-state index in [0.717, 1.165) is 5.69 Å². The molecule has 90 valence electrons. The van der Waals surface area contributed by atoms with Crippen molar-refractivity contribution in [1.82, 2.24) is 5.32 Å². The van der Waals surface area contributed by atoms with E-state index in [-0.39, 0.29) is 24.9 Å². The van der Waals surface area contributed by atoms with Crippen LogP contribution >= 0.6 is 0 Å². The second-order valence-corrected chi connectivity index (χ2v) is 4.02. The number of anilines is 1. The van der Waals surface area contributed by atoms with Crippen LogP contribution in [-0.2, 0) is 9.59 Å². The molecular weight excluding hydrogens is 220 g/mol. The van der Waals surface area contributed by atoms with Crippen LogP contribution in [0.5, 0.6) is 0 Å². The molecule has 1 fully saturated rings. The number of carbonyl (C=O) groups excluding carboxylic acids is 1. The van der Waals surface area contributed by atoms with Gasteiger partial charge >= 0.3 is 5.97 Å². The summed E-state index contributed by atoms with van der Waals surface area (Å²) in [6.07, 6.45) is 0.0230. The Balaban J connectivity index is 2.19. The van der Waals surface area contributed by atoms with Gasteiger partial charge in [0.2, 0.25) is 5.91 Å². The Labute approximate surface area is 99.0 Å². The van der Waals surface area contributed by atoms with Crippen molar-refractivity contribution in [2.75, 3.05) is 18.0 Å². The van der Waals surface area contributed by atoms with Crippen LogP contribution in [0.1, 0.15) is 6.42 Å². The first-order valence-electron chi connectivity index (χ1n) is 5.47. The lowest BCUT2D eigenvalue weighted by Crippen LogP contribution is -2.55. The first-order chi connectivity index (χ1) is 8.16. The van der Waals surface area contributed by atoms with Gasteiger partial charge in [0.05, 0.1) is 19.0 Å². The van der Waals surface area contributed by atoms with E-state index in [2.05, 4.69) is 5.32 Å². The van der Waals surface area contributed by atoms with Crippen molar-refractivity contribution < 1.29 is 14.7 Å². The van der Waals surface area contributed by atoms with Crippen molar-refractivity contribution in [1.29, 1.82) is 0 Å². The highest BCUT2D eigenvalue weighted by Crippen LogP contribution is 2.19. The highest BCUT2D eigenvalue weighted by atomic mass is 16.4. The van der Waals surface area contributed by atoms with Crippen LogP contribution in [0, 0.1) is 0 Å². The van der Waals surface area contributed by atoms with E-state index in [4.69, 9.17) is 5.11 Å². The molecule has 1 aromatic rings. The zero-order valence-corrected chi connectivity index (χ0v) is 9.30. The van der Waals surface area contributed by atoms with Crippen molar-refractivity contribution in [3.63, 3.8) is 0 Å². The van der Waals surface area contributed by atoms with E-state index in [1.807, 2.05) is 35.2 Å². The summed E-state index contributed by atoms with van der Waals surface area (Å²) in [6, 6.07) is 9.22. The number of nitrogens with zero attached hydrogens (tertiary/aromatic N) is 1. The number of piperazine rings is 1. The molecule has 0 aliphatic carbocycles. The summed E-state index contributed by atoms with van der Waals surface area (Å²) in [7, 11) is 0. The number of amides is 1. The highest BCUT2D eigenvalue weighted by molar-refractivity contribution is 5.83. The van der Waals surface area contributed by atoms with E-state index >= 15 is 0 Å². The molecule has 0 aromatic heterocycles. The van der Waals surface area contributed by atoms with Gasteiger partial charge in [0.1, 0.15) is 0 Å². The van der Waals surface area contributed by atoms with Crippen molar-refractivity contribution >= 4 is 17.6 Å². The van der Waals surface area contributed by atoms with Crippen LogP contribution in [0.15, 0.2) is 30.3 Å². The van der Waals surface area contributed by atoms with E-state index in [0.29, 0.717) is 6.54 Å². The Hall–Kier alpha value is -2.04. The molecular formula is C12H14N2O3. The standard InChI is InChI=1S/C12H14N2O3/c15-11-8-14(9-4-2-1-3-5-9)10(7-13-11)6-12(16)17/h1-5,10H,6-8H2,(H,13,15)(H,16,17). The van der Waals surface area contributed by atoms with Crippen molar-refractivity contribution in [2.24, 2.45) is 0 Å². The number of carboxylic acids is 1. The van der Waals surface area contributed by atoms with Gasteiger partial charge in [0, 0.05) is 12.2 Å². The fraction of sp³-hybridized carbons (Fsp3) is 0.333. The minimum Gasteiger partial charge on any atom is -0.481 e. The summed E-state index contributed by atoms with van der Waals surface area (Å²) in [6.45, 7) is 0.585. The molecule has 0 spiro atoms. The van der Waals surface area contributed by atoms with Gasteiger partial charge in [-0.15, -0.1) is 0 Å². The smallest absolute Gasteiger partial charge is 0.305 e. The molecule has 1 aliphatic heterocycles. The van der Waals surface area contributed by atoms with Gasteiger partial charge < -0.3 is 15.3 Å². The van der Waals surface area contributed by atoms with Gasteiger partial charge in [-0.25, -0.2) is 0 Å². The fourth-order valence-electron chi connectivity index (χ4n) is 1.99. The average molecular weight is 234 g/mol. The zero-order chi connectivity index (χ0) is 12.3. The lowest BCUT2D eigenvalue weighted by molar-refractivity contribution is -0.138. The number of nitrogens with one attached hydrogen (secondary N) is 1. The molecule has 1 saturated heterocycles. The minimum absolute atomic E-state index is 0.0230. The number of para-hydroxylation sites is 1. The maximum Gasteiger partial charge on any atom is 0.305 e. The average Bonchev–Trinajstić information content (AvgIpc) is 2.32. The monoisotopic (exact) mass is 234 g/mol. The van der Waals surface area contributed by atoms with E-state index in [1.165, 1.54) is 0 Å². The quantitative estimate of drug-likeness (QED) is 0.797. The number of aliphatic carboxylic acids is 1. The highest BCUT2D eigenvalue weighted by Gasteiger charge is 2.28. The van der Waals surface area contributed by atoms with Crippen molar-refractivity contribution in [3.8, 4) is 0 Å². The number of carbonyl (C=O) groups is 2. The topological polar surface area (TPSA) is 69.6 Å². The number of benzene rings is 1. The fourth-order valence-corrected chi connectivity index (χ4v) is 1.99. The first-order valence-corrected chi connectivity index (χ1v) is 5.47. The molecule has 2 N–H and O–H groups in total. The molecule has 2 rings (SSSR count). The van der Waals surface area contributed by atoms with Crippen LogP contribution in [0.4, 0.5) is 5.69 Å². The Morgan fingerprint density at radius 3 is 2.76 bits per heavy atom. The second kappa shape index (κ2) is 4.86. The normalized spacial score (nSPS) is 19.9. The number of hydrogen-bond donors (Lipinski definition) is 2. The lowest BCUT2D eigenvalue weighted by Gasteiger charge is -2.36. The van der Waals surface area contributed by atoms with Crippen LogP contribution in [0.25, 0.3) is 0 Å². The third-order valence-corrected chi connectivity index (χ3v) is 2.79. The van der Waals surface area contributed by atoms with Gasteiger partial charge in [-0.2, -0.15) is 0 Å². The maximum atomic E-state index is 11.4. The number of carboxylic acid groups (broad SMARTS) is 1. The summed E-state index contributed by atoms with van der Waals surface area (Å²) >= 11 is 0. The molecule has 1 atom stereocenters. The van der Waals surface area contributed by atoms with Crippen LogP contribution in [0.2, 0.25) is 0 Å². The van der Waals surface area contributed by atoms with Crippen molar-refractivity contribution in [2.45, 2.75) is 12.5 Å². The van der Waals surface area contributed by atoms with Gasteiger partial charge in [-0.3, -0.25) is 9.59 Å². The second-order valence-electron chi connectivity index (χ2n) is 4.02. The molecule has 1 aromatic carbocycles. The summed E-state index contributed by atoms with van der Waals surface area (Å²) in [5, 5.41) is 11.6. The Morgan fingerprint density at radius 2 is 2.12 bits per heavy atom. The van der Waals surface area contributed by atoms with Crippen LogP contribution < -0.4 is 10.2 Å². The number of rotatable bonds is 3. The van der Waals surface area contributed by atoms with Gasteiger partial charge in [0.15, 0.2) is 0 Å². The molecule has 0 radical (unpaired) electrons. The zero-order valence-electron chi connectivity index (χ0n) is 9.30. The predicted molar refractivity (Wildman–Crippen MR) is 62.8 cm³/mol. The Morgan fingerprint density at radius 1 is 1.41 bits per heavy atom. The molecule has 1 unspecified atom stereocenters. The summed E-state index contributed by atoms with van der Waals surface area (Å²) in [5.74, 6) is -0.928. The van der Waals surface area contributed by atoms with Crippen LogP contribution in [0.3, 0.4) is 0 Å². The molecule has 0 saturated carbocycles. The van der Waals surface area contributed by atoms with E-state index < -0.39 is 5.97 Å². The minimum atomic E-state index is -0.855. The Kier molecular flexibility index (Phi) is 3.27. The molecule has 0 bridgehead atoms.